The first-order chi connectivity index (χ1) is 14.4. The highest BCUT2D eigenvalue weighted by molar-refractivity contribution is 6.37. The molecule has 3 aromatic carbocycles. The maximum Gasteiger partial charge on any atom is 0.257 e. The second-order valence-corrected chi connectivity index (χ2v) is 7.10. The zero-order valence-corrected chi connectivity index (χ0v) is 17.5. The summed E-state index contributed by atoms with van der Waals surface area (Å²) in [5, 5.41) is 6.24. The first-order valence-corrected chi connectivity index (χ1v) is 9.70. The average molecular weight is 441 g/mol. The van der Waals surface area contributed by atoms with Crippen LogP contribution in [0.15, 0.2) is 72.8 Å². The van der Waals surface area contributed by atoms with Gasteiger partial charge in [-0.25, -0.2) is 0 Å². The number of hydrogen-bond donors (Lipinski definition) is 2. The van der Waals surface area contributed by atoms with Gasteiger partial charge in [-0.2, -0.15) is 0 Å². The summed E-state index contributed by atoms with van der Waals surface area (Å²) in [6.07, 6.45) is 3.15. The van der Waals surface area contributed by atoms with Crippen LogP contribution in [0.25, 0.3) is 6.08 Å². The normalized spacial score (nSPS) is 10.6. The van der Waals surface area contributed by atoms with Gasteiger partial charge in [0.25, 0.3) is 5.91 Å². The molecule has 3 rings (SSSR count). The van der Waals surface area contributed by atoms with Crippen LogP contribution in [-0.4, -0.2) is 18.9 Å². The Morgan fingerprint density at radius 1 is 0.867 bits per heavy atom. The summed E-state index contributed by atoms with van der Waals surface area (Å²) < 4.78 is 5.10. The highest BCUT2D eigenvalue weighted by Crippen LogP contribution is 2.22. The Bertz CT molecular complexity index is 1080. The van der Waals surface area contributed by atoms with Crippen molar-refractivity contribution >= 4 is 52.5 Å². The van der Waals surface area contributed by atoms with E-state index in [9.17, 15) is 9.59 Å². The van der Waals surface area contributed by atoms with Gasteiger partial charge in [0.05, 0.1) is 17.7 Å². The summed E-state index contributed by atoms with van der Waals surface area (Å²) >= 11 is 11.9. The van der Waals surface area contributed by atoms with Crippen LogP contribution in [-0.2, 0) is 4.79 Å². The standard InChI is InChI=1S/C23H18Cl2N2O3/c1-30-19-10-2-15(3-11-19)4-13-22(28)26-17-6-8-18(9-7-17)27-23(29)20-12-5-16(24)14-21(20)25/h2-14H,1H3,(H,26,28)(H,27,29)/b13-4+. The molecule has 0 aliphatic rings. The summed E-state index contributed by atoms with van der Waals surface area (Å²) in [5.74, 6) is 0.133. The number of benzene rings is 3. The molecule has 3 aromatic rings. The van der Waals surface area contributed by atoms with E-state index in [1.54, 1.807) is 49.6 Å². The summed E-state index contributed by atoms with van der Waals surface area (Å²) in [5.41, 5.74) is 2.37. The smallest absolute Gasteiger partial charge is 0.257 e. The minimum Gasteiger partial charge on any atom is -0.497 e. The van der Waals surface area contributed by atoms with Gasteiger partial charge in [-0.05, 0) is 66.2 Å². The third-order valence-corrected chi connectivity index (χ3v) is 4.68. The van der Waals surface area contributed by atoms with Crippen molar-refractivity contribution in [1.82, 2.24) is 0 Å². The summed E-state index contributed by atoms with van der Waals surface area (Å²) in [6.45, 7) is 0. The molecule has 30 heavy (non-hydrogen) atoms. The number of halogens is 2. The van der Waals surface area contributed by atoms with E-state index in [1.807, 2.05) is 24.3 Å². The van der Waals surface area contributed by atoms with Crippen molar-refractivity contribution in [2.24, 2.45) is 0 Å². The fourth-order valence-electron chi connectivity index (χ4n) is 2.58. The molecule has 0 unspecified atom stereocenters. The second kappa shape index (κ2) is 9.96. The van der Waals surface area contributed by atoms with Crippen molar-refractivity contribution in [3.8, 4) is 5.75 Å². The summed E-state index contributed by atoms with van der Waals surface area (Å²) in [4.78, 5) is 24.4. The molecular formula is C23H18Cl2N2O3. The predicted octanol–water partition coefficient (Wildman–Crippen LogP) is 5.91. The number of rotatable bonds is 6. The van der Waals surface area contributed by atoms with Crippen LogP contribution in [0.2, 0.25) is 10.0 Å². The van der Waals surface area contributed by atoms with E-state index < -0.39 is 0 Å². The van der Waals surface area contributed by atoms with Crippen molar-refractivity contribution < 1.29 is 14.3 Å². The lowest BCUT2D eigenvalue weighted by molar-refractivity contribution is -0.111. The third kappa shape index (κ3) is 5.86. The van der Waals surface area contributed by atoms with Crippen molar-refractivity contribution in [2.45, 2.75) is 0 Å². The van der Waals surface area contributed by atoms with E-state index in [-0.39, 0.29) is 16.8 Å². The maximum absolute atomic E-state index is 12.3. The lowest BCUT2D eigenvalue weighted by Crippen LogP contribution is -2.12. The minimum atomic E-state index is -0.351. The highest BCUT2D eigenvalue weighted by Gasteiger charge is 2.11. The first kappa shape index (κ1) is 21.4. The van der Waals surface area contributed by atoms with Crippen LogP contribution in [0.4, 0.5) is 11.4 Å². The molecule has 0 bridgehead atoms. The SMILES string of the molecule is COc1ccc(/C=C/C(=O)Nc2ccc(NC(=O)c3ccc(Cl)cc3Cl)cc2)cc1. The molecular weight excluding hydrogens is 423 g/mol. The molecule has 0 spiro atoms. The summed E-state index contributed by atoms with van der Waals surface area (Å²) in [7, 11) is 1.60. The number of anilines is 2. The van der Waals surface area contributed by atoms with E-state index in [4.69, 9.17) is 27.9 Å². The molecule has 0 aliphatic heterocycles. The number of nitrogens with one attached hydrogen (secondary N) is 2. The Morgan fingerprint density at radius 2 is 1.50 bits per heavy atom. The van der Waals surface area contributed by atoms with Gasteiger partial charge < -0.3 is 15.4 Å². The molecule has 2 amide bonds. The molecule has 0 aliphatic carbocycles. The molecule has 0 saturated heterocycles. The molecule has 2 N–H and O–H groups in total. The molecule has 0 radical (unpaired) electrons. The monoisotopic (exact) mass is 440 g/mol. The van der Waals surface area contributed by atoms with Gasteiger partial charge in [-0.3, -0.25) is 9.59 Å². The van der Waals surface area contributed by atoms with Crippen LogP contribution in [0.5, 0.6) is 5.75 Å². The Morgan fingerprint density at radius 3 is 2.10 bits per heavy atom. The molecule has 0 fully saturated rings. The molecule has 0 atom stereocenters. The Labute approximate surface area is 184 Å². The number of amides is 2. The summed E-state index contributed by atoms with van der Waals surface area (Å²) in [6, 6.07) is 18.8. The number of methoxy groups -OCH3 is 1. The van der Waals surface area contributed by atoms with Gasteiger partial charge in [-0.15, -0.1) is 0 Å². The Balaban J connectivity index is 1.57. The molecule has 0 aromatic heterocycles. The lowest BCUT2D eigenvalue weighted by atomic mass is 10.2. The van der Waals surface area contributed by atoms with Crippen LogP contribution in [0.1, 0.15) is 15.9 Å². The third-order valence-electron chi connectivity index (χ3n) is 4.13. The Kier molecular flexibility index (Phi) is 7.12. The average Bonchev–Trinajstić information content (AvgIpc) is 2.74. The predicted molar refractivity (Wildman–Crippen MR) is 122 cm³/mol. The minimum absolute atomic E-state index is 0.268. The van der Waals surface area contributed by atoms with Gasteiger partial charge in [-0.1, -0.05) is 35.3 Å². The largest absolute Gasteiger partial charge is 0.497 e. The number of hydrogen-bond acceptors (Lipinski definition) is 3. The van der Waals surface area contributed by atoms with Crippen LogP contribution >= 0.6 is 23.2 Å². The molecule has 5 nitrogen and oxygen atoms in total. The molecule has 152 valence electrons. The zero-order chi connectivity index (χ0) is 21.5. The van der Waals surface area contributed by atoms with Gasteiger partial charge in [0, 0.05) is 22.5 Å². The van der Waals surface area contributed by atoms with Gasteiger partial charge in [0.15, 0.2) is 0 Å². The van der Waals surface area contributed by atoms with Gasteiger partial charge in [0.2, 0.25) is 5.91 Å². The fourth-order valence-corrected chi connectivity index (χ4v) is 3.07. The molecule has 0 saturated carbocycles. The van der Waals surface area contributed by atoms with Crippen molar-refractivity contribution in [3.63, 3.8) is 0 Å². The quantitative estimate of drug-likeness (QED) is 0.468. The van der Waals surface area contributed by atoms with Crippen LogP contribution < -0.4 is 15.4 Å². The van der Waals surface area contributed by atoms with Crippen LogP contribution in [0.3, 0.4) is 0 Å². The number of carbonyl (C=O) groups is 2. The highest BCUT2D eigenvalue weighted by atomic mass is 35.5. The van der Waals surface area contributed by atoms with Crippen LogP contribution in [0, 0.1) is 0 Å². The van der Waals surface area contributed by atoms with E-state index in [2.05, 4.69) is 10.6 Å². The van der Waals surface area contributed by atoms with Crippen molar-refractivity contribution in [2.75, 3.05) is 17.7 Å². The lowest BCUT2D eigenvalue weighted by Gasteiger charge is -2.08. The van der Waals surface area contributed by atoms with Crippen molar-refractivity contribution in [3.05, 3.63) is 94.0 Å². The van der Waals surface area contributed by atoms with Gasteiger partial charge in [0.1, 0.15) is 5.75 Å². The fraction of sp³-hybridized carbons (Fsp3) is 0.0435. The zero-order valence-electron chi connectivity index (χ0n) is 16.0. The van der Waals surface area contributed by atoms with E-state index in [0.717, 1.165) is 11.3 Å². The topological polar surface area (TPSA) is 67.4 Å². The molecule has 7 heteroatoms. The van der Waals surface area contributed by atoms with Crippen molar-refractivity contribution in [1.29, 1.82) is 0 Å². The number of carbonyl (C=O) groups excluding carboxylic acids is 2. The number of ether oxygens (including phenoxy) is 1. The van der Waals surface area contributed by atoms with E-state index in [1.165, 1.54) is 12.1 Å². The van der Waals surface area contributed by atoms with Gasteiger partial charge >= 0.3 is 0 Å². The Hall–Kier alpha value is -3.28. The first-order valence-electron chi connectivity index (χ1n) is 8.94. The maximum atomic E-state index is 12.3. The van der Waals surface area contributed by atoms with E-state index in [0.29, 0.717) is 22.0 Å². The second-order valence-electron chi connectivity index (χ2n) is 6.25. The molecule has 0 heterocycles. The van der Waals surface area contributed by atoms with E-state index >= 15 is 0 Å².